The number of carbonyl (C=O) groups is 1. The Kier molecular flexibility index (Phi) is 3.87. The first kappa shape index (κ1) is 13.0. The third-order valence-corrected chi connectivity index (χ3v) is 3.75. The van der Waals surface area contributed by atoms with Crippen molar-refractivity contribution in [2.75, 3.05) is 19.6 Å². The van der Waals surface area contributed by atoms with Gasteiger partial charge >= 0.3 is 0 Å². The van der Waals surface area contributed by atoms with Crippen molar-refractivity contribution in [2.45, 2.75) is 12.8 Å². The van der Waals surface area contributed by atoms with Crippen LogP contribution in [0.25, 0.3) is 11.0 Å². The molecular formula is C15H18N4O. The van der Waals surface area contributed by atoms with E-state index >= 15 is 0 Å². The predicted octanol–water partition coefficient (Wildman–Crippen LogP) is 1.36. The van der Waals surface area contributed by atoms with Gasteiger partial charge in [0.2, 0.25) is 0 Å². The quantitative estimate of drug-likeness (QED) is 0.883. The maximum atomic E-state index is 12.3. The number of amides is 1. The first-order valence-corrected chi connectivity index (χ1v) is 7.03. The second-order valence-corrected chi connectivity index (χ2v) is 5.13. The second-order valence-electron chi connectivity index (χ2n) is 5.13. The van der Waals surface area contributed by atoms with Crippen molar-refractivity contribution in [1.29, 1.82) is 0 Å². The molecule has 1 amide bonds. The first-order valence-electron chi connectivity index (χ1n) is 7.03. The van der Waals surface area contributed by atoms with Crippen LogP contribution in [0.4, 0.5) is 0 Å². The molecule has 0 unspecified atom stereocenters. The molecule has 1 fully saturated rings. The van der Waals surface area contributed by atoms with Gasteiger partial charge in [0.15, 0.2) is 0 Å². The molecule has 0 bridgehead atoms. The SMILES string of the molecule is O=C(NCC1CCNCC1)c1cccc2nccnc12. The van der Waals surface area contributed by atoms with Gasteiger partial charge in [0.25, 0.3) is 5.91 Å². The van der Waals surface area contributed by atoms with Crippen LogP contribution in [0.5, 0.6) is 0 Å². The fraction of sp³-hybridized carbons (Fsp3) is 0.400. The minimum absolute atomic E-state index is 0.0605. The van der Waals surface area contributed by atoms with E-state index in [9.17, 15) is 4.79 Å². The zero-order chi connectivity index (χ0) is 13.8. The Labute approximate surface area is 117 Å². The number of hydrogen-bond acceptors (Lipinski definition) is 4. The smallest absolute Gasteiger partial charge is 0.253 e. The number of nitrogens with one attached hydrogen (secondary N) is 2. The van der Waals surface area contributed by atoms with E-state index < -0.39 is 0 Å². The summed E-state index contributed by atoms with van der Waals surface area (Å²) in [6, 6.07) is 5.51. The van der Waals surface area contributed by atoms with Crippen LogP contribution in [0, 0.1) is 5.92 Å². The summed E-state index contributed by atoms with van der Waals surface area (Å²) in [6.07, 6.45) is 5.50. The maximum Gasteiger partial charge on any atom is 0.253 e. The van der Waals surface area contributed by atoms with Crippen LogP contribution >= 0.6 is 0 Å². The van der Waals surface area contributed by atoms with Crippen LogP contribution in [-0.2, 0) is 0 Å². The largest absolute Gasteiger partial charge is 0.352 e. The summed E-state index contributed by atoms with van der Waals surface area (Å²) < 4.78 is 0. The van der Waals surface area contributed by atoms with E-state index in [1.165, 1.54) is 0 Å². The van der Waals surface area contributed by atoms with Crippen LogP contribution < -0.4 is 10.6 Å². The molecule has 1 aliphatic rings. The highest BCUT2D eigenvalue weighted by Crippen LogP contribution is 2.14. The molecule has 2 N–H and O–H groups in total. The lowest BCUT2D eigenvalue weighted by Crippen LogP contribution is -2.36. The monoisotopic (exact) mass is 270 g/mol. The lowest BCUT2D eigenvalue weighted by molar-refractivity contribution is 0.0945. The first-order chi connectivity index (χ1) is 9.84. The third kappa shape index (κ3) is 2.77. The Bertz CT molecular complexity index is 602. The molecule has 20 heavy (non-hydrogen) atoms. The van der Waals surface area contributed by atoms with Crippen molar-refractivity contribution in [3.05, 3.63) is 36.2 Å². The number of aromatic nitrogens is 2. The van der Waals surface area contributed by atoms with Crippen LogP contribution in [-0.4, -0.2) is 35.5 Å². The highest BCUT2D eigenvalue weighted by atomic mass is 16.1. The Morgan fingerprint density at radius 2 is 2.05 bits per heavy atom. The number of para-hydroxylation sites is 1. The van der Waals surface area contributed by atoms with Crippen molar-refractivity contribution in [1.82, 2.24) is 20.6 Å². The molecule has 0 aliphatic carbocycles. The minimum Gasteiger partial charge on any atom is -0.352 e. The molecule has 0 atom stereocenters. The fourth-order valence-electron chi connectivity index (χ4n) is 2.59. The molecule has 3 rings (SSSR count). The van der Waals surface area contributed by atoms with Gasteiger partial charge in [-0.25, -0.2) is 0 Å². The summed E-state index contributed by atoms with van der Waals surface area (Å²) >= 11 is 0. The highest BCUT2D eigenvalue weighted by molar-refractivity contribution is 6.04. The summed E-state index contributed by atoms with van der Waals surface area (Å²) in [5.74, 6) is 0.510. The second kappa shape index (κ2) is 5.96. The fourth-order valence-corrected chi connectivity index (χ4v) is 2.59. The topological polar surface area (TPSA) is 66.9 Å². The van der Waals surface area contributed by atoms with Crippen molar-refractivity contribution in [3.63, 3.8) is 0 Å². The van der Waals surface area contributed by atoms with Crippen molar-refractivity contribution >= 4 is 16.9 Å². The van der Waals surface area contributed by atoms with Crippen molar-refractivity contribution < 1.29 is 4.79 Å². The summed E-state index contributed by atoms with van der Waals surface area (Å²) in [5, 5.41) is 6.35. The lowest BCUT2D eigenvalue weighted by atomic mass is 9.98. The Morgan fingerprint density at radius 3 is 2.90 bits per heavy atom. The summed E-state index contributed by atoms with van der Waals surface area (Å²) in [6.45, 7) is 2.82. The molecule has 1 aromatic carbocycles. The van der Waals surface area contributed by atoms with Gasteiger partial charge in [-0.05, 0) is 44.0 Å². The van der Waals surface area contributed by atoms with Gasteiger partial charge in [-0.15, -0.1) is 0 Å². The lowest BCUT2D eigenvalue weighted by Gasteiger charge is -2.22. The third-order valence-electron chi connectivity index (χ3n) is 3.75. The zero-order valence-electron chi connectivity index (χ0n) is 11.3. The number of fused-ring (bicyclic) bond motifs is 1. The molecule has 1 aliphatic heterocycles. The van der Waals surface area contributed by atoms with Crippen LogP contribution in [0.2, 0.25) is 0 Å². The van der Waals surface area contributed by atoms with Gasteiger partial charge in [0.1, 0.15) is 5.52 Å². The van der Waals surface area contributed by atoms with E-state index in [1.807, 2.05) is 12.1 Å². The molecule has 2 aromatic rings. The number of hydrogen-bond donors (Lipinski definition) is 2. The molecule has 104 valence electrons. The minimum atomic E-state index is -0.0605. The molecule has 2 heterocycles. The van der Waals surface area contributed by atoms with Gasteiger partial charge in [-0.2, -0.15) is 0 Å². The Morgan fingerprint density at radius 1 is 1.25 bits per heavy atom. The average Bonchev–Trinajstić information content (AvgIpc) is 2.53. The van der Waals surface area contributed by atoms with E-state index in [0.29, 0.717) is 17.0 Å². The van der Waals surface area contributed by atoms with Gasteiger partial charge in [0, 0.05) is 18.9 Å². The molecule has 5 nitrogen and oxygen atoms in total. The maximum absolute atomic E-state index is 12.3. The van der Waals surface area contributed by atoms with Crippen LogP contribution in [0.1, 0.15) is 23.2 Å². The van der Waals surface area contributed by atoms with Crippen LogP contribution in [0.3, 0.4) is 0 Å². The summed E-state index contributed by atoms with van der Waals surface area (Å²) in [7, 11) is 0. The van der Waals surface area contributed by atoms with Crippen LogP contribution in [0.15, 0.2) is 30.6 Å². The Balaban J connectivity index is 1.72. The summed E-state index contributed by atoms with van der Waals surface area (Å²) in [5.41, 5.74) is 2.02. The number of rotatable bonds is 3. The molecule has 0 saturated carbocycles. The van der Waals surface area contributed by atoms with E-state index in [2.05, 4.69) is 20.6 Å². The van der Waals surface area contributed by atoms with Crippen molar-refractivity contribution in [2.24, 2.45) is 5.92 Å². The molecule has 1 aromatic heterocycles. The van der Waals surface area contributed by atoms with Crippen molar-refractivity contribution in [3.8, 4) is 0 Å². The van der Waals surface area contributed by atoms with Gasteiger partial charge < -0.3 is 10.6 Å². The van der Waals surface area contributed by atoms with E-state index in [-0.39, 0.29) is 5.91 Å². The zero-order valence-corrected chi connectivity index (χ0v) is 11.3. The molecular weight excluding hydrogens is 252 g/mol. The van der Waals surface area contributed by atoms with E-state index in [0.717, 1.165) is 38.0 Å². The molecule has 1 saturated heterocycles. The van der Waals surface area contributed by atoms with Gasteiger partial charge in [-0.3, -0.25) is 14.8 Å². The highest BCUT2D eigenvalue weighted by Gasteiger charge is 2.16. The summed E-state index contributed by atoms with van der Waals surface area (Å²) in [4.78, 5) is 20.8. The normalized spacial score (nSPS) is 16.2. The number of piperidine rings is 1. The Hall–Kier alpha value is -2.01. The van der Waals surface area contributed by atoms with Gasteiger partial charge in [-0.1, -0.05) is 6.07 Å². The average molecular weight is 270 g/mol. The van der Waals surface area contributed by atoms with Gasteiger partial charge in [0.05, 0.1) is 11.1 Å². The molecule has 0 radical (unpaired) electrons. The standard InChI is InChI=1S/C15H18N4O/c20-15(19-10-11-4-6-16-7-5-11)12-2-1-3-13-14(12)18-9-8-17-13/h1-3,8-9,11,16H,4-7,10H2,(H,19,20). The number of nitrogens with zero attached hydrogens (tertiary/aromatic N) is 2. The predicted molar refractivity (Wildman–Crippen MR) is 77.5 cm³/mol. The van der Waals surface area contributed by atoms with E-state index in [1.54, 1.807) is 18.5 Å². The number of carbonyl (C=O) groups excluding carboxylic acids is 1. The molecule has 5 heteroatoms. The number of benzene rings is 1. The van der Waals surface area contributed by atoms with E-state index in [4.69, 9.17) is 0 Å². The molecule has 0 spiro atoms.